The van der Waals surface area contributed by atoms with Crippen molar-refractivity contribution in [2.75, 3.05) is 0 Å². The van der Waals surface area contributed by atoms with Crippen LogP contribution in [0.15, 0.2) is 29.2 Å². The Kier molecular flexibility index (Phi) is 5.10. The Morgan fingerprint density at radius 2 is 2.00 bits per heavy atom. The minimum atomic E-state index is -0.114. The molecule has 2 unspecified atom stereocenters. The second-order valence-electron chi connectivity index (χ2n) is 5.33. The van der Waals surface area contributed by atoms with E-state index in [-0.39, 0.29) is 6.10 Å². The van der Waals surface area contributed by atoms with E-state index < -0.39 is 0 Å². The second kappa shape index (κ2) is 6.60. The molecule has 2 rings (SSSR count). The summed E-state index contributed by atoms with van der Waals surface area (Å²) in [6.07, 6.45) is 3.16. The molecule has 1 saturated carbocycles. The summed E-state index contributed by atoms with van der Waals surface area (Å²) < 4.78 is 0. The van der Waals surface area contributed by atoms with Gasteiger partial charge in [-0.05, 0) is 37.0 Å². The maximum atomic E-state index is 9.82. The summed E-state index contributed by atoms with van der Waals surface area (Å²) >= 11 is 1.82. The van der Waals surface area contributed by atoms with Crippen LogP contribution in [-0.2, 0) is 6.54 Å². The Hall–Kier alpha value is -0.510. The molecule has 1 aromatic carbocycles. The molecular formula is C15H23NOS. The molecule has 0 saturated heterocycles. The van der Waals surface area contributed by atoms with E-state index in [0.717, 1.165) is 25.8 Å². The standard InChI is InChI=1S/C15H23NOS/c1-11(2)16-10-12-6-8-13(9-7-12)18-15-5-3-4-14(15)17/h6-9,11,14-17H,3-5,10H2,1-2H3. The van der Waals surface area contributed by atoms with Crippen LogP contribution in [0.25, 0.3) is 0 Å². The van der Waals surface area contributed by atoms with E-state index in [1.165, 1.54) is 10.5 Å². The molecule has 1 aliphatic rings. The third-order valence-electron chi connectivity index (χ3n) is 3.34. The summed E-state index contributed by atoms with van der Waals surface area (Å²) in [4.78, 5) is 1.27. The molecule has 2 atom stereocenters. The van der Waals surface area contributed by atoms with Crippen LogP contribution < -0.4 is 5.32 Å². The zero-order valence-corrected chi connectivity index (χ0v) is 12.0. The van der Waals surface area contributed by atoms with Crippen molar-refractivity contribution >= 4 is 11.8 Å². The van der Waals surface area contributed by atoms with Crippen LogP contribution >= 0.6 is 11.8 Å². The lowest BCUT2D eigenvalue weighted by molar-refractivity contribution is 0.188. The zero-order valence-electron chi connectivity index (χ0n) is 11.2. The highest BCUT2D eigenvalue weighted by molar-refractivity contribution is 8.00. The molecule has 0 aliphatic heterocycles. The van der Waals surface area contributed by atoms with E-state index in [4.69, 9.17) is 0 Å². The molecule has 0 heterocycles. The van der Waals surface area contributed by atoms with Gasteiger partial charge in [0.25, 0.3) is 0 Å². The Morgan fingerprint density at radius 1 is 1.28 bits per heavy atom. The number of hydrogen-bond donors (Lipinski definition) is 2. The summed E-state index contributed by atoms with van der Waals surface area (Å²) in [6, 6.07) is 9.23. The van der Waals surface area contributed by atoms with Crippen molar-refractivity contribution in [3.8, 4) is 0 Å². The van der Waals surface area contributed by atoms with Gasteiger partial charge in [0.05, 0.1) is 6.10 Å². The number of rotatable bonds is 5. The maximum Gasteiger partial charge on any atom is 0.0662 e. The van der Waals surface area contributed by atoms with Gasteiger partial charge in [-0.3, -0.25) is 0 Å². The van der Waals surface area contributed by atoms with Crippen LogP contribution in [-0.4, -0.2) is 22.5 Å². The van der Waals surface area contributed by atoms with Gasteiger partial charge in [0, 0.05) is 22.7 Å². The molecule has 18 heavy (non-hydrogen) atoms. The molecular weight excluding hydrogens is 242 g/mol. The Morgan fingerprint density at radius 3 is 2.56 bits per heavy atom. The van der Waals surface area contributed by atoms with E-state index in [9.17, 15) is 5.11 Å². The van der Waals surface area contributed by atoms with Crippen LogP contribution in [0.4, 0.5) is 0 Å². The number of thioether (sulfide) groups is 1. The van der Waals surface area contributed by atoms with E-state index in [2.05, 4.69) is 43.4 Å². The molecule has 2 N–H and O–H groups in total. The fourth-order valence-corrected chi connectivity index (χ4v) is 3.45. The van der Waals surface area contributed by atoms with E-state index in [0.29, 0.717) is 11.3 Å². The average molecular weight is 265 g/mol. The van der Waals surface area contributed by atoms with Gasteiger partial charge in [0.2, 0.25) is 0 Å². The van der Waals surface area contributed by atoms with E-state index in [1.807, 2.05) is 11.8 Å². The molecule has 0 bridgehead atoms. The van der Waals surface area contributed by atoms with Crippen molar-refractivity contribution in [3.05, 3.63) is 29.8 Å². The summed E-state index contributed by atoms with van der Waals surface area (Å²) in [6.45, 7) is 5.24. The summed E-state index contributed by atoms with van der Waals surface area (Å²) in [5.74, 6) is 0. The molecule has 0 amide bonds. The monoisotopic (exact) mass is 265 g/mol. The third-order valence-corrected chi connectivity index (χ3v) is 4.74. The molecule has 0 aromatic heterocycles. The Balaban J connectivity index is 1.87. The number of nitrogens with one attached hydrogen (secondary N) is 1. The van der Waals surface area contributed by atoms with Crippen LogP contribution in [0, 0.1) is 0 Å². The summed E-state index contributed by atoms with van der Waals surface area (Å²) in [7, 11) is 0. The first-order chi connectivity index (χ1) is 8.65. The lowest BCUT2D eigenvalue weighted by atomic mass is 10.2. The third kappa shape index (κ3) is 4.01. The highest BCUT2D eigenvalue weighted by atomic mass is 32.2. The lowest BCUT2D eigenvalue weighted by Crippen LogP contribution is -2.21. The minimum absolute atomic E-state index is 0.114. The normalized spacial score (nSPS) is 23.8. The van der Waals surface area contributed by atoms with Crippen LogP contribution in [0.3, 0.4) is 0 Å². The zero-order chi connectivity index (χ0) is 13.0. The highest BCUT2D eigenvalue weighted by Gasteiger charge is 2.25. The average Bonchev–Trinajstić information content (AvgIpc) is 2.74. The van der Waals surface area contributed by atoms with Gasteiger partial charge < -0.3 is 10.4 Å². The Bertz CT molecular complexity index is 363. The summed E-state index contributed by atoms with van der Waals surface area (Å²) in [5.41, 5.74) is 1.32. The molecule has 100 valence electrons. The van der Waals surface area contributed by atoms with Gasteiger partial charge in [-0.2, -0.15) is 0 Å². The van der Waals surface area contributed by atoms with Gasteiger partial charge >= 0.3 is 0 Å². The largest absolute Gasteiger partial charge is 0.392 e. The van der Waals surface area contributed by atoms with Gasteiger partial charge in [0.15, 0.2) is 0 Å². The van der Waals surface area contributed by atoms with Crippen molar-refractivity contribution in [2.45, 2.75) is 61.9 Å². The smallest absolute Gasteiger partial charge is 0.0662 e. The van der Waals surface area contributed by atoms with Gasteiger partial charge in [0.1, 0.15) is 0 Å². The SMILES string of the molecule is CC(C)NCc1ccc(SC2CCCC2O)cc1. The fourth-order valence-electron chi connectivity index (χ4n) is 2.23. The first kappa shape index (κ1) is 13.9. The number of hydrogen-bond acceptors (Lipinski definition) is 3. The topological polar surface area (TPSA) is 32.3 Å². The number of benzene rings is 1. The van der Waals surface area contributed by atoms with Gasteiger partial charge in [-0.15, -0.1) is 11.8 Å². The number of aliphatic hydroxyl groups is 1. The quantitative estimate of drug-likeness (QED) is 0.857. The fraction of sp³-hybridized carbons (Fsp3) is 0.600. The predicted molar refractivity (Wildman–Crippen MR) is 77.9 cm³/mol. The van der Waals surface area contributed by atoms with Crippen LogP contribution in [0.2, 0.25) is 0 Å². The first-order valence-corrected chi connectivity index (χ1v) is 7.70. The maximum absolute atomic E-state index is 9.82. The van der Waals surface area contributed by atoms with E-state index in [1.54, 1.807) is 0 Å². The van der Waals surface area contributed by atoms with Crippen LogP contribution in [0.1, 0.15) is 38.7 Å². The first-order valence-electron chi connectivity index (χ1n) is 6.82. The van der Waals surface area contributed by atoms with Gasteiger partial charge in [-0.25, -0.2) is 0 Å². The van der Waals surface area contributed by atoms with Crippen molar-refractivity contribution < 1.29 is 5.11 Å². The lowest BCUT2D eigenvalue weighted by Gasteiger charge is -2.14. The molecule has 0 spiro atoms. The highest BCUT2D eigenvalue weighted by Crippen LogP contribution is 2.34. The van der Waals surface area contributed by atoms with Crippen molar-refractivity contribution in [1.82, 2.24) is 5.32 Å². The van der Waals surface area contributed by atoms with Crippen LogP contribution in [0.5, 0.6) is 0 Å². The van der Waals surface area contributed by atoms with Crippen molar-refractivity contribution in [1.29, 1.82) is 0 Å². The second-order valence-corrected chi connectivity index (χ2v) is 6.65. The molecule has 0 radical (unpaired) electrons. The van der Waals surface area contributed by atoms with E-state index >= 15 is 0 Å². The van der Waals surface area contributed by atoms with Crippen molar-refractivity contribution in [2.24, 2.45) is 0 Å². The molecule has 2 nitrogen and oxygen atoms in total. The van der Waals surface area contributed by atoms with Gasteiger partial charge in [-0.1, -0.05) is 26.0 Å². The molecule has 1 fully saturated rings. The molecule has 1 aromatic rings. The minimum Gasteiger partial charge on any atom is -0.392 e. The Labute approximate surface area is 114 Å². The predicted octanol–water partition coefficient (Wildman–Crippen LogP) is 3.19. The molecule has 1 aliphatic carbocycles. The number of aliphatic hydroxyl groups excluding tert-OH is 1. The summed E-state index contributed by atoms with van der Waals surface area (Å²) in [5, 5.41) is 13.6. The van der Waals surface area contributed by atoms with Crippen molar-refractivity contribution in [3.63, 3.8) is 0 Å². The molecule has 3 heteroatoms.